The van der Waals surface area contributed by atoms with Gasteiger partial charge in [0.1, 0.15) is 5.52 Å². The monoisotopic (exact) mass is 768 g/mol. The first-order valence-electron chi connectivity index (χ1n) is 20.4. The maximum absolute atomic E-state index is 6.51. The van der Waals surface area contributed by atoms with E-state index in [1.54, 1.807) is 0 Å². The number of oxazole rings is 1. The molecule has 0 atom stereocenters. The molecule has 0 spiro atoms. The molecule has 1 aliphatic carbocycles. The number of fused-ring (bicyclic) bond motifs is 8. The zero-order valence-electron chi connectivity index (χ0n) is 33.0. The normalized spacial score (nSPS) is 13.0. The van der Waals surface area contributed by atoms with Gasteiger partial charge >= 0.3 is 0 Å². The summed E-state index contributed by atoms with van der Waals surface area (Å²) in [6.45, 7) is 4.61. The van der Waals surface area contributed by atoms with Gasteiger partial charge in [0.05, 0.1) is 0 Å². The van der Waals surface area contributed by atoms with Crippen LogP contribution in [0.3, 0.4) is 0 Å². The second kappa shape index (κ2) is 13.1. The molecule has 0 bridgehead atoms. The van der Waals surface area contributed by atoms with E-state index in [0.717, 1.165) is 71.4 Å². The third kappa shape index (κ3) is 5.40. The Morgan fingerprint density at radius 3 is 1.73 bits per heavy atom. The van der Waals surface area contributed by atoms with Crippen LogP contribution in [0.4, 0.5) is 0 Å². The Bertz CT molecular complexity index is 3530. The first-order valence-corrected chi connectivity index (χ1v) is 20.4. The molecule has 9 aromatic carbocycles. The highest BCUT2D eigenvalue weighted by Gasteiger charge is 2.37. The van der Waals surface area contributed by atoms with E-state index in [1.807, 2.05) is 36.4 Å². The molecule has 0 saturated carbocycles. The standard InChI is InChI=1S/C55H36N4O/c1-55(2)45-20-9-8-17-43(45)49-44(19-11-21-46(49)55)53-58-51(40-26-22-33-12-6-7-15-36(33)31-40)57-52(59-53)41-27-24-37-30-39(25-23-38(37)32-41)42-18-10-16-34-28-29-47-50(48(34)42)60-54(56-47)35-13-4-3-5-14-35/h3-32H,1-2H3. The van der Waals surface area contributed by atoms with E-state index < -0.39 is 0 Å². The third-order valence-electron chi connectivity index (χ3n) is 12.3. The maximum Gasteiger partial charge on any atom is 0.227 e. The van der Waals surface area contributed by atoms with Gasteiger partial charge in [-0.05, 0) is 96.7 Å². The Morgan fingerprint density at radius 1 is 0.383 bits per heavy atom. The summed E-state index contributed by atoms with van der Waals surface area (Å²) in [5.41, 5.74) is 12.6. The minimum Gasteiger partial charge on any atom is -0.435 e. The van der Waals surface area contributed by atoms with Crippen LogP contribution in [0, 0.1) is 0 Å². The second-order valence-electron chi connectivity index (χ2n) is 16.2. The van der Waals surface area contributed by atoms with Crippen LogP contribution >= 0.6 is 0 Å². The predicted molar refractivity (Wildman–Crippen MR) is 245 cm³/mol. The molecule has 12 rings (SSSR count). The topological polar surface area (TPSA) is 64.7 Å². The van der Waals surface area contributed by atoms with Crippen LogP contribution < -0.4 is 0 Å². The van der Waals surface area contributed by atoms with Crippen LogP contribution in [0.2, 0.25) is 0 Å². The Morgan fingerprint density at radius 2 is 0.933 bits per heavy atom. The molecule has 1 aliphatic rings. The molecule has 11 aromatic rings. The van der Waals surface area contributed by atoms with E-state index in [0.29, 0.717) is 23.4 Å². The summed E-state index contributed by atoms with van der Waals surface area (Å²) in [6, 6.07) is 63.9. The van der Waals surface area contributed by atoms with Crippen molar-refractivity contribution >= 4 is 43.4 Å². The molecule has 0 radical (unpaired) electrons. The molecule has 5 nitrogen and oxygen atoms in total. The molecule has 5 heteroatoms. The van der Waals surface area contributed by atoms with E-state index in [4.69, 9.17) is 24.4 Å². The molecular weight excluding hydrogens is 733 g/mol. The zero-order chi connectivity index (χ0) is 40.0. The lowest BCUT2D eigenvalue weighted by molar-refractivity contribution is 0.623. The quantitative estimate of drug-likeness (QED) is 0.174. The van der Waals surface area contributed by atoms with Gasteiger partial charge in [0.25, 0.3) is 0 Å². The summed E-state index contributed by atoms with van der Waals surface area (Å²) in [7, 11) is 0. The lowest BCUT2D eigenvalue weighted by atomic mass is 9.82. The minimum atomic E-state index is -0.145. The van der Waals surface area contributed by atoms with Gasteiger partial charge in [-0.1, -0.05) is 159 Å². The van der Waals surface area contributed by atoms with E-state index in [-0.39, 0.29) is 5.41 Å². The Kier molecular flexibility index (Phi) is 7.51. The van der Waals surface area contributed by atoms with Gasteiger partial charge in [-0.15, -0.1) is 0 Å². The summed E-state index contributed by atoms with van der Waals surface area (Å²) in [4.78, 5) is 20.6. The van der Waals surface area contributed by atoms with Crippen LogP contribution in [-0.4, -0.2) is 19.9 Å². The van der Waals surface area contributed by atoms with Crippen molar-refractivity contribution in [1.29, 1.82) is 0 Å². The minimum absolute atomic E-state index is 0.145. The van der Waals surface area contributed by atoms with E-state index in [9.17, 15) is 0 Å². The van der Waals surface area contributed by atoms with Crippen LogP contribution in [0.15, 0.2) is 186 Å². The number of nitrogens with zero attached hydrogens (tertiary/aromatic N) is 4. The van der Waals surface area contributed by atoms with Gasteiger partial charge in [0.15, 0.2) is 23.1 Å². The first kappa shape index (κ1) is 34.3. The van der Waals surface area contributed by atoms with Crippen molar-refractivity contribution in [2.45, 2.75) is 19.3 Å². The summed E-state index contributed by atoms with van der Waals surface area (Å²) in [6.07, 6.45) is 0. The molecule has 0 amide bonds. The van der Waals surface area contributed by atoms with Crippen molar-refractivity contribution in [2.75, 3.05) is 0 Å². The molecule has 0 saturated heterocycles. The average Bonchev–Trinajstić information content (AvgIpc) is 3.85. The fraction of sp³-hybridized carbons (Fsp3) is 0.0545. The first-order chi connectivity index (χ1) is 29.5. The fourth-order valence-electron chi connectivity index (χ4n) is 9.28. The molecular formula is C55H36N4O. The van der Waals surface area contributed by atoms with Gasteiger partial charge in [0.2, 0.25) is 5.89 Å². The number of aromatic nitrogens is 4. The molecule has 0 aliphatic heterocycles. The van der Waals surface area contributed by atoms with Gasteiger partial charge in [-0.3, -0.25) is 0 Å². The van der Waals surface area contributed by atoms with Crippen molar-refractivity contribution < 1.29 is 4.42 Å². The number of hydrogen-bond donors (Lipinski definition) is 0. The smallest absolute Gasteiger partial charge is 0.227 e. The lowest BCUT2D eigenvalue weighted by Gasteiger charge is -2.21. The van der Waals surface area contributed by atoms with Gasteiger partial charge < -0.3 is 4.42 Å². The molecule has 0 fully saturated rings. The van der Waals surface area contributed by atoms with Crippen molar-refractivity contribution in [2.24, 2.45) is 0 Å². The molecule has 60 heavy (non-hydrogen) atoms. The number of rotatable bonds is 5. The Labute approximate surface area is 346 Å². The van der Waals surface area contributed by atoms with Crippen LogP contribution in [0.25, 0.3) is 111 Å². The summed E-state index contributed by atoms with van der Waals surface area (Å²) >= 11 is 0. The SMILES string of the molecule is CC1(C)c2ccccc2-c2c(-c3nc(-c4ccc5ccccc5c4)nc(-c4ccc5cc(-c6cccc7ccc8nc(-c9ccccc9)oc8c67)ccc5c4)n3)cccc21. The molecule has 2 aromatic heterocycles. The van der Waals surface area contributed by atoms with Crippen LogP contribution in [-0.2, 0) is 5.41 Å². The van der Waals surface area contributed by atoms with Gasteiger partial charge in [-0.2, -0.15) is 0 Å². The highest BCUT2D eigenvalue weighted by atomic mass is 16.3. The molecule has 2 heterocycles. The van der Waals surface area contributed by atoms with Crippen molar-refractivity contribution in [3.63, 3.8) is 0 Å². The van der Waals surface area contributed by atoms with Crippen LogP contribution in [0.5, 0.6) is 0 Å². The number of benzene rings is 9. The predicted octanol–water partition coefficient (Wildman–Crippen LogP) is 14.1. The van der Waals surface area contributed by atoms with Gasteiger partial charge in [0, 0.05) is 33.1 Å². The molecule has 0 unspecified atom stereocenters. The van der Waals surface area contributed by atoms with E-state index in [1.165, 1.54) is 27.6 Å². The highest BCUT2D eigenvalue weighted by molar-refractivity contribution is 6.12. The molecule has 0 N–H and O–H groups in total. The van der Waals surface area contributed by atoms with Crippen molar-refractivity contribution in [3.8, 4) is 67.9 Å². The lowest BCUT2D eigenvalue weighted by Crippen LogP contribution is -2.14. The highest BCUT2D eigenvalue weighted by Crippen LogP contribution is 2.51. The van der Waals surface area contributed by atoms with Crippen molar-refractivity contribution in [3.05, 3.63) is 193 Å². The van der Waals surface area contributed by atoms with Crippen LogP contribution in [0.1, 0.15) is 25.0 Å². The fourth-order valence-corrected chi connectivity index (χ4v) is 9.28. The maximum atomic E-state index is 6.51. The Hall–Kier alpha value is -7.76. The zero-order valence-corrected chi connectivity index (χ0v) is 33.0. The largest absolute Gasteiger partial charge is 0.435 e. The third-order valence-corrected chi connectivity index (χ3v) is 12.3. The van der Waals surface area contributed by atoms with E-state index >= 15 is 0 Å². The second-order valence-corrected chi connectivity index (χ2v) is 16.2. The van der Waals surface area contributed by atoms with E-state index in [2.05, 4.69) is 159 Å². The Balaban J connectivity index is 0.998. The summed E-state index contributed by atoms with van der Waals surface area (Å²) < 4.78 is 6.51. The summed E-state index contributed by atoms with van der Waals surface area (Å²) in [5.74, 6) is 2.56. The van der Waals surface area contributed by atoms with Crippen molar-refractivity contribution in [1.82, 2.24) is 19.9 Å². The number of hydrogen-bond acceptors (Lipinski definition) is 5. The molecule has 282 valence electrons. The van der Waals surface area contributed by atoms with Gasteiger partial charge in [-0.25, -0.2) is 19.9 Å². The summed E-state index contributed by atoms with van der Waals surface area (Å²) in [5, 5.41) is 6.69. The average molecular weight is 769 g/mol.